The molecule has 0 bridgehead atoms. The predicted molar refractivity (Wildman–Crippen MR) is 139 cm³/mol. The average Bonchev–Trinajstić information content (AvgIpc) is 2.81. The first-order chi connectivity index (χ1) is 17.3. The van der Waals surface area contributed by atoms with Crippen molar-refractivity contribution in [1.29, 1.82) is 0 Å². The molecule has 0 aromatic heterocycles. The number of nitrogens with one attached hydrogen (secondary N) is 1. The molecule has 0 spiro atoms. The van der Waals surface area contributed by atoms with Crippen LogP contribution in [0.3, 0.4) is 0 Å². The molecule has 36 heavy (non-hydrogen) atoms. The Balaban J connectivity index is 2.27. The lowest BCUT2D eigenvalue weighted by Gasteiger charge is -2.40. The van der Waals surface area contributed by atoms with Crippen LogP contribution < -0.4 is 5.32 Å². The van der Waals surface area contributed by atoms with E-state index in [2.05, 4.69) is 12.2 Å². The lowest BCUT2D eigenvalue weighted by molar-refractivity contribution is -0.234. The van der Waals surface area contributed by atoms with Crippen LogP contribution >= 0.6 is 0 Å². The van der Waals surface area contributed by atoms with Crippen molar-refractivity contribution in [2.45, 2.75) is 142 Å². The van der Waals surface area contributed by atoms with E-state index in [0.29, 0.717) is 6.61 Å². The molecule has 0 aromatic carbocycles. The molecular weight excluding hydrogens is 462 g/mol. The van der Waals surface area contributed by atoms with Gasteiger partial charge in [-0.1, -0.05) is 90.4 Å². The Morgan fingerprint density at radius 1 is 0.778 bits per heavy atom. The highest BCUT2D eigenvalue weighted by Crippen LogP contribution is 2.24. The summed E-state index contributed by atoms with van der Waals surface area (Å²) in [6.07, 6.45) is 17.4. The normalized spacial score (nSPS) is 21.7. The number of hydrogen-bond donors (Lipinski definition) is 1. The molecule has 1 aliphatic rings. The van der Waals surface area contributed by atoms with Gasteiger partial charge in [0.1, 0.15) is 18.8 Å². The minimum absolute atomic E-state index is 0.0741. The molecule has 209 valence electrons. The van der Waals surface area contributed by atoms with Gasteiger partial charge in [0.2, 0.25) is 5.91 Å². The molecule has 1 rings (SSSR count). The van der Waals surface area contributed by atoms with Crippen LogP contribution in [-0.2, 0) is 33.3 Å². The minimum atomic E-state index is -0.764. The zero-order valence-corrected chi connectivity index (χ0v) is 23.1. The molecule has 0 aliphatic carbocycles. The van der Waals surface area contributed by atoms with Crippen molar-refractivity contribution in [2.75, 3.05) is 13.2 Å². The molecule has 1 fully saturated rings. The monoisotopic (exact) mass is 512 g/mol. The summed E-state index contributed by atoms with van der Waals surface area (Å²) in [5, 5.41) is 2.78. The zero-order chi connectivity index (χ0) is 26.6. The summed E-state index contributed by atoms with van der Waals surface area (Å²) in [5.41, 5.74) is 0. The van der Waals surface area contributed by atoms with Crippen molar-refractivity contribution in [3.63, 3.8) is 0 Å². The summed E-state index contributed by atoms with van der Waals surface area (Å²) < 4.78 is 22.3. The van der Waals surface area contributed by atoms with E-state index in [9.17, 15) is 14.4 Å². The Hall–Kier alpha value is -1.67. The maximum Gasteiger partial charge on any atom is 0.303 e. The first kappa shape index (κ1) is 32.4. The Morgan fingerprint density at radius 2 is 1.31 bits per heavy atom. The highest BCUT2D eigenvalue weighted by molar-refractivity contribution is 5.73. The summed E-state index contributed by atoms with van der Waals surface area (Å²) in [7, 11) is 0. The highest BCUT2D eigenvalue weighted by atomic mass is 16.7. The van der Waals surface area contributed by atoms with Gasteiger partial charge in [-0.15, -0.1) is 0 Å². The van der Waals surface area contributed by atoms with E-state index in [1.165, 1.54) is 97.8 Å². The lowest BCUT2D eigenvalue weighted by Crippen LogP contribution is -2.57. The second-order valence-corrected chi connectivity index (χ2v) is 9.81. The lowest BCUT2D eigenvalue weighted by atomic mass is 10.00. The highest BCUT2D eigenvalue weighted by Gasteiger charge is 2.41. The largest absolute Gasteiger partial charge is 0.463 e. The summed E-state index contributed by atoms with van der Waals surface area (Å²) in [4.78, 5) is 34.4. The SMILES string of the molecule is CCCCCCCCCCCCCCCCOC1OC(COC(C)=O)C(OC(C)=O)[CH]C1NC(C)=O. The fraction of sp³-hybridized carbons (Fsp3) is 0.857. The van der Waals surface area contributed by atoms with Gasteiger partial charge in [-0.3, -0.25) is 14.4 Å². The maximum atomic E-state index is 11.7. The molecule has 8 nitrogen and oxygen atoms in total. The van der Waals surface area contributed by atoms with E-state index >= 15 is 0 Å². The third-order valence-electron chi connectivity index (χ3n) is 6.27. The zero-order valence-electron chi connectivity index (χ0n) is 23.1. The molecule has 4 unspecified atom stereocenters. The van der Waals surface area contributed by atoms with E-state index in [1.54, 1.807) is 6.42 Å². The number of esters is 2. The van der Waals surface area contributed by atoms with Crippen LogP contribution in [0.1, 0.15) is 118 Å². The summed E-state index contributed by atoms with van der Waals surface area (Å²) >= 11 is 0. The smallest absolute Gasteiger partial charge is 0.303 e. The number of hydrogen-bond acceptors (Lipinski definition) is 7. The first-order valence-electron chi connectivity index (χ1n) is 14.0. The van der Waals surface area contributed by atoms with E-state index in [1.807, 2.05) is 0 Å². The third-order valence-corrected chi connectivity index (χ3v) is 6.27. The average molecular weight is 513 g/mol. The van der Waals surface area contributed by atoms with Gasteiger partial charge >= 0.3 is 11.9 Å². The molecule has 1 saturated heterocycles. The topological polar surface area (TPSA) is 100 Å². The molecule has 8 heteroatoms. The second kappa shape index (κ2) is 20.4. The van der Waals surface area contributed by atoms with Crippen LogP contribution in [0.2, 0.25) is 0 Å². The number of ether oxygens (including phenoxy) is 4. The van der Waals surface area contributed by atoms with Crippen LogP contribution in [-0.4, -0.2) is 55.6 Å². The van der Waals surface area contributed by atoms with Gasteiger partial charge < -0.3 is 24.3 Å². The van der Waals surface area contributed by atoms with Gasteiger partial charge in [0.15, 0.2) is 6.29 Å². The quantitative estimate of drug-likeness (QED) is 0.172. The first-order valence-corrected chi connectivity index (χ1v) is 14.0. The number of rotatable bonds is 20. The molecular formula is C28H50NO7. The second-order valence-electron chi connectivity index (χ2n) is 9.81. The number of unbranched alkanes of at least 4 members (excludes halogenated alkanes) is 13. The van der Waals surface area contributed by atoms with E-state index in [4.69, 9.17) is 18.9 Å². The molecule has 4 atom stereocenters. The van der Waals surface area contributed by atoms with Crippen molar-refractivity contribution in [2.24, 2.45) is 0 Å². The molecule has 1 aliphatic heterocycles. The predicted octanol–water partition coefficient (Wildman–Crippen LogP) is 5.41. The van der Waals surface area contributed by atoms with E-state index in [0.717, 1.165) is 12.8 Å². The van der Waals surface area contributed by atoms with E-state index in [-0.39, 0.29) is 12.5 Å². The Morgan fingerprint density at radius 3 is 1.78 bits per heavy atom. The number of amides is 1. The minimum Gasteiger partial charge on any atom is -0.463 e. The molecule has 0 aromatic rings. The van der Waals surface area contributed by atoms with Crippen molar-refractivity contribution in [1.82, 2.24) is 5.32 Å². The number of carbonyl (C=O) groups excluding carboxylic acids is 3. The van der Waals surface area contributed by atoms with Crippen LogP contribution in [0.15, 0.2) is 0 Å². The Bertz CT molecular complexity index is 613. The van der Waals surface area contributed by atoms with Crippen molar-refractivity contribution in [3.05, 3.63) is 6.42 Å². The summed E-state index contributed by atoms with van der Waals surface area (Å²) in [6.45, 7) is 6.68. The third kappa shape index (κ3) is 16.1. The van der Waals surface area contributed by atoms with Crippen molar-refractivity contribution in [3.8, 4) is 0 Å². The fourth-order valence-corrected chi connectivity index (χ4v) is 4.38. The molecule has 1 N–H and O–H groups in total. The molecule has 1 heterocycles. The van der Waals surface area contributed by atoms with Gasteiger partial charge in [0, 0.05) is 33.8 Å². The van der Waals surface area contributed by atoms with Gasteiger partial charge in [-0.2, -0.15) is 0 Å². The van der Waals surface area contributed by atoms with Crippen LogP contribution in [0.4, 0.5) is 0 Å². The van der Waals surface area contributed by atoms with Gasteiger partial charge in [0.05, 0.1) is 6.04 Å². The van der Waals surface area contributed by atoms with E-state index < -0.39 is 36.5 Å². The Kier molecular flexibility index (Phi) is 18.3. The summed E-state index contributed by atoms with van der Waals surface area (Å²) in [6, 6.07) is -0.577. The van der Waals surface area contributed by atoms with Gasteiger partial charge in [-0.25, -0.2) is 0 Å². The van der Waals surface area contributed by atoms with Crippen molar-refractivity contribution >= 4 is 17.8 Å². The van der Waals surface area contributed by atoms with Crippen molar-refractivity contribution < 1.29 is 33.3 Å². The van der Waals surface area contributed by atoms with Crippen LogP contribution in [0.25, 0.3) is 0 Å². The fourth-order valence-electron chi connectivity index (χ4n) is 4.38. The molecule has 1 radical (unpaired) electrons. The standard InChI is InChI=1S/C28H50NO7/c1-5-6-7-8-9-10-11-12-13-14-15-16-17-18-19-33-28-25(29-22(2)30)20-26(35-24(4)32)27(36-28)21-34-23(3)31/h20,25-28H,5-19,21H2,1-4H3,(H,29,30). The molecule has 1 amide bonds. The van der Waals surface area contributed by atoms with Gasteiger partial charge in [0.25, 0.3) is 0 Å². The Labute approximate surface area is 218 Å². The van der Waals surface area contributed by atoms with Crippen LogP contribution in [0, 0.1) is 6.42 Å². The van der Waals surface area contributed by atoms with Crippen LogP contribution in [0.5, 0.6) is 0 Å². The molecule has 0 saturated carbocycles. The summed E-state index contributed by atoms with van der Waals surface area (Å²) in [5.74, 6) is -1.19. The maximum absolute atomic E-state index is 11.7. The van der Waals surface area contributed by atoms with Gasteiger partial charge in [-0.05, 0) is 6.42 Å². The number of carbonyl (C=O) groups is 3.